The van der Waals surface area contributed by atoms with Crippen LogP contribution in [0, 0.1) is 24.0 Å². The number of pyridine rings is 1. The van der Waals surface area contributed by atoms with Crippen molar-refractivity contribution in [2.24, 2.45) is 0 Å². The number of aromatic nitrogens is 2. The molecule has 1 N–H and O–H groups in total. The number of nitro benzene ring substituents is 1. The third-order valence-corrected chi connectivity index (χ3v) is 7.86. The van der Waals surface area contributed by atoms with Gasteiger partial charge in [-0.15, -0.1) is 0 Å². The van der Waals surface area contributed by atoms with Gasteiger partial charge in [0.25, 0.3) is 5.69 Å². The minimum atomic E-state index is -0.399. The highest BCUT2D eigenvalue weighted by molar-refractivity contribution is 7.80. The van der Waals surface area contributed by atoms with Crippen LogP contribution in [0.25, 0.3) is 5.69 Å². The largest absolute Gasteiger partial charge is 0.496 e. The number of nitrogens with one attached hydrogen (secondary N) is 1. The summed E-state index contributed by atoms with van der Waals surface area (Å²) in [4.78, 5) is 18.3. The molecular formula is C30H30ClN5O5S. The number of methoxy groups -OCH3 is 2. The van der Waals surface area contributed by atoms with Crippen molar-refractivity contribution in [2.45, 2.75) is 25.9 Å². The number of halogens is 1. The maximum absolute atomic E-state index is 12.1. The van der Waals surface area contributed by atoms with Gasteiger partial charge in [0.2, 0.25) is 0 Å². The van der Waals surface area contributed by atoms with Crippen molar-refractivity contribution in [3.8, 4) is 17.2 Å². The number of aryl methyl sites for hydroxylation is 1. The van der Waals surface area contributed by atoms with Gasteiger partial charge in [-0.3, -0.25) is 15.1 Å². The molecule has 42 heavy (non-hydrogen) atoms. The van der Waals surface area contributed by atoms with Crippen molar-refractivity contribution in [3.05, 3.63) is 105 Å². The van der Waals surface area contributed by atoms with Crippen molar-refractivity contribution < 1.29 is 19.1 Å². The van der Waals surface area contributed by atoms with Crippen LogP contribution in [0.2, 0.25) is 5.02 Å². The summed E-state index contributed by atoms with van der Waals surface area (Å²) >= 11 is 12.5. The number of hydrogen-bond acceptors (Lipinski definition) is 7. The summed E-state index contributed by atoms with van der Waals surface area (Å²) in [7, 11) is 3.09. The van der Waals surface area contributed by atoms with E-state index < -0.39 is 4.92 Å². The summed E-state index contributed by atoms with van der Waals surface area (Å²) in [5.74, 6) is 0.949. The molecule has 218 valence electrons. The Morgan fingerprint density at radius 2 is 1.90 bits per heavy atom. The highest BCUT2D eigenvalue weighted by atomic mass is 35.5. The maximum Gasteiger partial charge on any atom is 0.296 e. The molecule has 0 saturated carbocycles. The number of thiocarbonyl (C=S) groups is 1. The predicted octanol–water partition coefficient (Wildman–Crippen LogP) is 6.26. The smallest absolute Gasteiger partial charge is 0.296 e. The van der Waals surface area contributed by atoms with Gasteiger partial charge >= 0.3 is 0 Å². The number of ether oxygens (including phenoxy) is 3. The third-order valence-electron chi connectivity index (χ3n) is 7.25. The monoisotopic (exact) mass is 607 g/mol. The van der Waals surface area contributed by atoms with Gasteiger partial charge in [0.1, 0.15) is 23.8 Å². The van der Waals surface area contributed by atoms with E-state index in [9.17, 15) is 10.1 Å². The molecule has 4 aromatic rings. The van der Waals surface area contributed by atoms with Gasteiger partial charge in [0.05, 0.1) is 47.5 Å². The average Bonchev–Trinajstić information content (AvgIpc) is 3.48. The van der Waals surface area contributed by atoms with E-state index in [-0.39, 0.29) is 17.8 Å². The Balaban J connectivity index is 1.64. The van der Waals surface area contributed by atoms with Crippen LogP contribution < -0.4 is 19.7 Å². The zero-order valence-electron chi connectivity index (χ0n) is 23.5. The number of benzene rings is 2. The zero-order valence-corrected chi connectivity index (χ0v) is 25.1. The first-order valence-electron chi connectivity index (χ1n) is 13.2. The second-order valence-corrected chi connectivity index (χ2v) is 10.5. The number of nitrogens with zero attached hydrogens (tertiary/aromatic N) is 4. The summed E-state index contributed by atoms with van der Waals surface area (Å²) in [6.07, 6.45) is 1.74. The first-order valence-corrected chi connectivity index (χ1v) is 14.0. The SMILES string of the molecule is COCCOc1ccc(N2C(=S)NC(c3ccccn3)C2c2cc(C)n(-c3ccc(OC)cc3[N+](=O)[O-])c2C)cc1Cl. The lowest BCUT2D eigenvalue weighted by molar-refractivity contribution is -0.384. The molecule has 2 aromatic carbocycles. The highest BCUT2D eigenvalue weighted by Gasteiger charge is 2.42. The lowest BCUT2D eigenvalue weighted by atomic mass is 9.96. The second kappa shape index (κ2) is 12.4. The Morgan fingerprint density at radius 3 is 2.57 bits per heavy atom. The summed E-state index contributed by atoms with van der Waals surface area (Å²) < 4.78 is 18.0. The minimum absolute atomic E-state index is 0.0586. The van der Waals surface area contributed by atoms with Crippen LogP contribution in [0.5, 0.6) is 11.5 Å². The highest BCUT2D eigenvalue weighted by Crippen LogP contribution is 2.45. The van der Waals surface area contributed by atoms with Gasteiger partial charge in [-0.1, -0.05) is 17.7 Å². The van der Waals surface area contributed by atoms with E-state index in [0.717, 1.165) is 28.3 Å². The molecular weight excluding hydrogens is 578 g/mol. The third kappa shape index (κ3) is 5.50. The summed E-state index contributed by atoms with van der Waals surface area (Å²) in [6, 6.07) is 17.5. The Morgan fingerprint density at radius 1 is 1.10 bits per heavy atom. The average molecular weight is 608 g/mol. The Hall–Kier alpha value is -4.19. The predicted molar refractivity (Wildman–Crippen MR) is 165 cm³/mol. The molecule has 0 spiro atoms. The van der Waals surface area contributed by atoms with Gasteiger partial charge in [-0.05, 0) is 80.2 Å². The fourth-order valence-corrected chi connectivity index (χ4v) is 5.94. The number of nitro groups is 1. The molecule has 1 fully saturated rings. The molecule has 0 amide bonds. The zero-order chi connectivity index (χ0) is 30.0. The van der Waals surface area contributed by atoms with E-state index >= 15 is 0 Å². The minimum Gasteiger partial charge on any atom is -0.496 e. The molecule has 10 nitrogen and oxygen atoms in total. The molecule has 12 heteroatoms. The number of rotatable bonds is 10. The quantitative estimate of drug-likeness (QED) is 0.0967. The molecule has 1 aliphatic heterocycles. The number of hydrogen-bond donors (Lipinski definition) is 1. The van der Waals surface area contributed by atoms with Gasteiger partial charge in [0, 0.05) is 30.4 Å². The Kier molecular flexibility index (Phi) is 8.62. The van der Waals surface area contributed by atoms with Crippen LogP contribution in [0.4, 0.5) is 11.4 Å². The van der Waals surface area contributed by atoms with Crippen LogP contribution in [-0.4, -0.2) is 47.0 Å². The van der Waals surface area contributed by atoms with Gasteiger partial charge in [-0.2, -0.15) is 0 Å². The standard InChI is InChI=1S/C30H30ClN5O5S/c1-18-15-22(19(2)34(18)25-10-9-21(40-4)17-26(25)36(37)38)29-28(24-7-5-6-12-32-24)33-30(42)35(29)20-8-11-27(23(31)16-20)41-14-13-39-3/h5-12,15-17,28-29H,13-14H2,1-4H3,(H,33,42). The van der Waals surface area contributed by atoms with E-state index in [1.54, 1.807) is 25.4 Å². The summed E-state index contributed by atoms with van der Waals surface area (Å²) in [5.41, 5.74) is 4.53. The molecule has 1 aliphatic rings. The van der Waals surface area contributed by atoms with Crippen LogP contribution in [-0.2, 0) is 4.74 Å². The molecule has 0 radical (unpaired) electrons. The molecule has 0 aliphatic carbocycles. The summed E-state index contributed by atoms with van der Waals surface area (Å²) in [6.45, 7) is 4.68. The molecule has 2 atom stereocenters. The lowest BCUT2D eigenvalue weighted by Gasteiger charge is -2.28. The number of anilines is 1. The van der Waals surface area contributed by atoms with E-state index in [0.29, 0.717) is 40.5 Å². The molecule has 2 aromatic heterocycles. The summed E-state index contributed by atoms with van der Waals surface area (Å²) in [5, 5.41) is 16.5. The van der Waals surface area contributed by atoms with E-state index in [2.05, 4.69) is 10.3 Å². The molecule has 2 unspecified atom stereocenters. The second-order valence-electron chi connectivity index (χ2n) is 9.73. The van der Waals surface area contributed by atoms with Crippen molar-refractivity contribution in [1.82, 2.24) is 14.9 Å². The van der Waals surface area contributed by atoms with E-state index in [1.165, 1.54) is 13.2 Å². The topological polar surface area (TPSA) is 104 Å². The van der Waals surface area contributed by atoms with Crippen molar-refractivity contribution in [3.63, 3.8) is 0 Å². The van der Waals surface area contributed by atoms with Crippen molar-refractivity contribution in [2.75, 3.05) is 32.3 Å². The Bertz CT molecular complexity index is 1630. The van der Waals surface area contributed by atoms with Crippen LogP contribution in [0.3, 0.4) is 0 Å². The fourth-order valence-electron chi connectivity index (χ4n) is 5.36. The lowest BCUT2D eigenvalue weighted by Crippen LogP contribution is -2.29. The van der Waals surface area contributed by atoms with Gasteiger partial charge < -0.3 is 29.0 Å². The van der Waals surface area contributed by atoms with Gasteiger partial charge in [-0.25, -0.2) is 0 Å². The Labute approximate surface area is 253 Å². The molecule has 3 heterocycles. The van der Waals surface area contributed by atoms with E-state index in [1.807, 2.05) is 65.8 Å². The maximum atomic E-state index is 12.1. The van der Waals surface area contributed by atoms with Crippen molar-refractivity contribution in [1.29, 1.82) is 0 Å². The van der Waals surface area contributed by atoms with Crippen LogP contribution in [0.15, 0.2) is 66.9 Å². The molecule has 1 saturated heterocycles. The van der Waals surface area contributed by atoms with Crippen LogP contribution in [0.1, 0.15) is 34.7 Å². The van der Waals surface area contributed by atoms with E-state index in [4.69, 9.17) is 38.0 Å². The van der Waals surface area contributed by atoms with Crippen LogP contribution >= 0.6 is 23.8 Å². The fraction of sp³-hybridized carbons (Fsp3) is 0.267. The molecule has 5 rings (SSSR count). The first kappa shape index (κ1) is 29.3. The molecule has 0 bridgehead atoms. The first-order chi connectivity index (χ1) is 20.2. The van der Waals surface area contributed by atoms with Gasteiger partial charge in [0.15, 0.2) is 5.11 Å². The normalized spacial score (nSPS) is 16.4. The van der Waals surface area contributed by atoms with Crippen molar-refractivity contribution >= 4 is 40.3 Å².